The smallest absolute Gasteiger partial charge is 0.309 e. The molecule has 2 fully saturated rings. The molecule has 0 heterocycles. The molecule has 1 aromatic rings. The third kappa shape index (κ3) is 4.42. The summed E-state index contributed by atoms with van der Waals surface area (Å²) in [5.74, 6) is 0.375. The molecule has 3 atom stereocenters. The van der Waals surface area contributed by atoms with Crippen molar-refractivity contribution in [3.8, 4) is 5.75 Å². The molecule has 3 rings (SSSR count). The Morgan fingerprint density at radius 1 is 1.08 bits per heavy atom. The van der Waals surface area contributed by atoms with E-state index in [1.807, 2.05) is 0 Å². The third-order valence-electron chi connectivity index (χ3n) is 5.13. The molecular weight excluding hydrogens is 358 g/mol. The van der Waals surface area contributed by atoms with Crippen molar-refractivity contribution in [2.24, 2.45) is 22.9 Å². The van der Waals surface area contributed by atoms with Crippen LogP contribution in [0.3, 0.4) is 0 Å². The molecule has 2 N–H and O–H groups in total. The number of carbonyl (C=O) groups is 2. The summed E-state index contributed by atoms with van der Waals surface area (Å²) < 4.78 is 33.1. The number of primary sulfonamides is 1. The van der Waals surface area contributed by atoms with E-state index in [0.717, 1.165) is 19.3 Å². The number of hydrogen-bond donors (Lipinski definition) is 1. The van der Waals surface area contributed by atoms with Crippen LogP contribution in [0.25, 0.3) is 0 Å². The van der Waals surface area contributed by atoms with Gasteiger partial charge in [-0.05, 0) is 49.9 Å². The van der Waals surface area contributed by atoms with Crippen LogP contribution in [0.5, 0.6) is 5.75 Å². The van der Waals surface area contributed by atoms with E-state index in [0.29, 0.717) is 24.4 Å². The molecule has 0 amide bonds. The lowest BCUT2D eigenvalue weighted by molar-refractivity contribution is -0.154. The Morgan fingerprint density at radius 3 is 2.27 bits per heavy atom. The molecule has 0 aromatic heterocycles. The predicted octanol–water partition coefficient (Wildman–Crippen LogP) is 1.65. The molecular formula is C18H23NO6S. The van der Waals surface area contributed by atoms with Crippen molar-refractivity contribution in [3.05, 3.63) is 24.3 Å². The van der Waals surface area contributed by atoms with Crippen molar-refractivity contribution in [1.82, 2.24) is 0 Å². The van der Waals surface area contributed by atoms with Crippen molar-refractivity contribution in [2.75, 3.05) is 13.2 Å². The maximum atomic E-state index is 12.2. The number of ketones is 1. The summed E-state index contributed by atoms with van der Waals surface area (Å²) in [5.41, 5.74) is 0. The van der Waals surface area contributed by atoms with Gasteiger partial charge in [0.1, 0.15) is 24.7 Å². The van der Waals surface area contributed by atoms with Gasteiger partial charge in [0.25, 0.3) is 0 Å². The van der Waals surface area contributed by atoms with E-state index >= 15 is 0 Å². The van der Waals surface area contributed by atoms with Gasteiger partial charge in [0.2, 0.25) is 10.0 Å². The quantitative estimate of drug-likeness (QED) is 0.592. The van der Waals surface area contributed by atoms with Crippen molar-refractivity contribution in [1.29, 1.82) is 0 Å². The maximum Gasteiger partial charge on any atom is 0.309 e. The molecule has 1 unspecified atom stereocenters. The highest BCUT2D eigenvalue weighted by atomic mass is 32.2. The molecule has 0 spiro atoms. The molecule has 2 bridgehead atoms. The van der Waals surface area contributed by atoms with Gasteiger partial charge in [-0.15, -0.1) is 0 Å². The van der Waals surface area contributed by atoms with E-state index in [-0.39, 0.29) is 41.8 Å². The second-order valence-corrected chi connectivity index (χ2v) is 8.49. The van der Waals surface area contributed by atoms with E-state index in [9.17, 15) is 18.0 Å². The molecule has 2 saturated carbocycles. The number of ether oxygens (including phenoxy) is 2. The Morgan fingerprint density at radius 2 is 1.69 bits per heavy atom. The Balaban J connectivity index is 1.42. The Kier molecular flexibility index (Phi) is 5.62. The lowest BCUT2D eigenvalue weighted by Gasteiger charge is -2.36. The topological polar surface area (TPSA) is 113 Å². The number of nitrogens with two attached hydrogens (primary N) is 1. The van der Waals surface area contributed by atoms with Crippen LogP contribution >= 0.6 is 0 Å². The van der Waals surface area contributed by atoms with Crippen LogP contribution in [0.15, 0.2) is 29.2 Å². The molecule has 0 saturated heterocycles. The van der Waals surface area contributed by atoms with Gasteiger partial charge in [-0.1, -0.05) is 6.42 Å². The lowest BCUT2D eigenvalue weighted by atomic mass is 9.67. The summed E-state index contributed by atoms with van der Waals surface area (Å²) in [6.07, 6.45) is 4.04. The fourth-order valence-electron chi connectivity index (χ4n) is 3.82. The average Bonchev–Trinajstić information content (AvgIpc) is 2.58. The second-order valence-electron chi connectivity index (χ2n) is 6.93. The summed E-state index contributed by atoms with van der Waals surface area (Å²) in [4.78, 5) is 24.3. The Labute approximate surface area is 152 Å². The zero-order valence-corrected chi connectivity index (χ0v) is 15.2. The van der Waals surface area contributed by atoms with Crippen molar-refractivity contribution >= 4 is 21.8 Å². The summed E-state index contributed by atoms with van der Waals surface area (Å²) in [5, 5.41) is 5.03. The summed E-state index contributed by atoms with van der Waals surface area (Å²) in [6, 6.07) is 5.70. The summed E-state index contributed by atoms with van der Waals surface area (Å²) in [7, 11) is -3.73. The van der Waals surface area contributed by atoms with Crippen molar-refractivity contribution in [3.63, 3.8) is 0 Å². The van der Waals surface area contributed by atoms with Crippen molar-refractivity contribution < 1.29 is 27.5 Å². The minimum absolute atomic E-state index is 0.00803. The number of esters is 1. The first kappa shape index (κ1) is 18.8. The van der Waals surface area contributed by atoms with Crippen LogP contribution < -0.4 is 9.88 Å². The van der Waals surface area contributed by atoms with Crippen LogP contribution in [-0.2, 0) is 24.3 Å². The molecule has 26 heavy (non-hydrogen) atoms. The zero-order chi connectivity index (χ0) is 18.7. The van der Waals surface area contributed by atoms with E-state index in [4.69, 9.17) is 14.6 Å². The van der Waals surface area contributed by atoms with Gasteiger partial charge in [-0.2, -0.15) is 0 Å². The van der Waals surface area contributed by atoms with E-state index in [1.165, 1.54) is 24.3 Å². The van der Waals surface area contributed by atoms with Crippen LogP contribution in [-0.4, -0.2) is 33.4 Å². The number of sulfonamides is 1. The summed E-state index contributed by atoms with van der Waals surface area (Å²) in [6.45, 7) is 0.272. The van der Waals surface area contributed by atoms with Crippen LogP contribution in [0.4, 0.5) is 0 Å². The first-order valence-corrected chi connectivity index (χ1v) is 10.4. The molecule has 0 aliphatic heterocycles. The molecule has 1 aromatic carbocycles. The van der Waals surface area contributed by atoms with Crippen LogP contribution in [0, 0.1) is 17.8 Å². The Bertz CT molecular complexity index is 757. The molecule has 142 valence electrons. The van der Waals surface area contributed by atoms with Gasteiger partial charge < -0.3 is 9.47 Å². The van der Waals surface area contributed by atoms with Gasteiger partial charge in [-0.25, -0.2) is 13.6 Å². The molecule has 8 heteroatoms. The number of carbonyl (C=O) groups excluding carboxylic acids is 2. The molecule has 7 nitrogen and oxygen atoms in total. The minimum Gasteiger partial charge on any atom is -0.490 e. The zero-order valence-electron chi connectivity index (χ0n) is 14.4. The third-order valence-corrected chi connectivity index (χ3v) is 6.06. The van der Waals surface area contributed by atoms with Gasteiger partial charge in [-0.3, -0.25) is 9.59 Å². The number of Topliss-reactive ketones (excluding diaryl/α,β-unsaturated/α-hetero) is 1. The first-order chi connectivity index (χ1) is 12.3. The monoisotopic (exact) mass is 381 g/mol. The van der Waals surface area contributed by atoms with Crippen LogP contribution in [0.1, 0.15) is 32.1 Å². The largest absolute Gasteiger partial charge is 0.490 e. The number of fused-ring (bicyclic) bond motifs is 2. The number of rotatable bonds is 6. The minimum atomic E-state index is -3.73. The van der Waals surface area contributed by atoms with Gasteiger partial charge in [0, 0.05) is 11.8 Å². The van der Waals surface area contributed by atoms with Gasteiger partial charge in [0.05, 0.1) is 10.8 Å². The van der Waals surface area contributed by atoms with Gasteiger partial charge in [0.15, 0.2) is 0 Å². The Hall–Kier alpha value is -1.93. The SMILES string of the molecule is NS(=O)(=O)c1ccc(OCCOC(=O)C2C[C@H]3CCC[C@@H](C2)C3=O)cc1. The molecule has 2 aliphatic carbocycles. The second kappa shape index (κ2) is 7.75. The molecule has 2 aliphatic rings. The first-order valence-electron chi connectivity index (χ1n) is 8.80. The average molecular weight is 381 g/mol. The fraction of sp³-hybridized carbons (Fsp3) is 0.556. The highest BCUT2D eigenvalue weighted by molar-refractivity contribution is 7.89. The van der Waals surface area contributed by atoms with E-state index in [2.05, 4.69) is 0 Å². The standard InChI is InChI=1S/C18H23NO6S/c19-26(22,23)16-6-4-15(5-7-16)24-8-9-25-18(21)14-10-12-2-1-3-13(11-14)17(12)20/h4-7,12-14H,1-3,8-11H2,(H2,19,22,23)/t12-,13+,14?. The van der Waals surface area contributed by atoms with Crippen LogP contribution in [0.2, 0.25) is 0 Å². The predicted molar refractivity (Wildman–Crippen MR) is 92.8 cm³/mol. The van der Waals surface area contributed by atoms with E-state index in [1.54, 1.807) is 0 Å². The highest BCUT2D eigenvalue weighted by Gasteiger charge is 2.41. The van der Waals surface area contributed by atoms with Gasteiger partial charge >= 0.3 is 5.97 Å². The summed E-state index contributed by atoms with van der Waals surface area (Å²) >= 11 is 0. The van der Waals surface area contributed by atoms with E-state index < -0.39 is 10.0 Å². The highest BCUT2D eigenvalue weighted by Crippen LogP contribution is 2.40. The maximum absolute atomic E-state index is 12.2. The number of hydrogen-bond acceptors (Lipinski definition) is 6. The lowest BCUT2D eigenvalue weighted by Crippen LogP contribution is -2.39. The molecule has 0 radical (unpaired) electrons. The number of benzene rings is 1. The normalized spacial score (nSPS) is 25.6. The fourth-order valence-corrected chi connectivity index (χ4v) is 4.33. The van der Waals surface area contributed by atoms with Crippen molar-refractivity contribution in [2.45, 2.75) is 37.0 Å².